The summed E-state index contributed by atoms with van der Waals surface area (Å²) in [5.41, 5.74) is 8.95. The first-order valence-corrected chi connectivity index (χ1v) is 5.76. The van der Waals surface area contributed by atoms with E-state index in [4.69, 9.17) is 10.5 Å². The lowest BCUT2D eigenvalue weighted by molar-refractivity contribution is 0.352. The van der Waals surface area contributed by atoms with Crippen molar-refractivity contribution in [1.29, 1.82) is 0 Å². The largest absolute Gasteiger partial charge is 0.483 e. The second kappa shape index (κ2) is 4.36. The molecule has 3 heteroatoms. The molecule has 0 atom stereocenters. The number of ether oxygens (including phenoxy) is 1. The fraction of sp³-hybridized carbons (Fsp3) is 0.167. The van der Waals surface area contributed by atoms with E-state index >= 15 is 0 Å². The maximum Gasteiger partial charge on any atom is 0.197 e. The fourth-order valence-corrected chi connectivity index (χ4v) is 2.34. The van der Waals surface area contributed by atoms with Crippen LogP contribution in [0, 0.1) is 0 Å². The van der Waals surface area contributed by atoms with Gasteiger partial charge >= 0.3 is 0 Å². The van der Waals surface area contributed by atoms with E-state index in [1.165, 1.54) is 0 Å². The van der Waals surface area contributed by atoms with Gasteiger partial charge in [0.2, 0.25) is 0 Å². The molecule has 2 nitrogen and oxygen atoms in total. The van der Waals surface area contributed by atoms with Crippen molar-refractivity contribution in [3.05, 3.63) is 35.7 Å². The normalized spacial score (nSPS) is 10.2. The van der Waals surface area contributed by atoms with Gasteiger partial charge in [0.05, 0.1) is 12.3 Å². The quantitative estimate of drug-likeness (QED) is 0.858. The minimum atomic E-state index is 0.652. The Kier molecular flexibility index (Phi) is 2.92. The molecular weight excluding hydrogens is 206 g/mol. The Morgan fingerprint density at radius 1 is 1.27 bits per heavy atom. The van der Waals surface area contributed by atoms with Crippen molar-refractivity contribution < 1.29 is 4.74 Å². The van der Waals surface area contributed by atoms with Crippen LogP contribution in [0.15, 0.2) is 35.7 Å². The molecule has 15 heavy (non-hydrogen) atoms. The van der Waals surface area contributed by atoms with Gasteiger partial charge < -0.3 is 10.5 Å². The summed E-state index contributed by atoms with van der Waals surface area (Å²) in [5.74, 6) is 0. The standard InChI is InChI=1S/C12H13NOS/c1-2-14-12-11(13)10(8-15-12)9-6-4-3-5-7-9/h3-8H,2,13H2,1H3. The first-order valence-electron chi connectivity index (χ1n) is 4.88. The molecular formula is C12H13NOS. The molecule has 2 N–H and O–H groups in total. The van der Waals surface area contributed by atoms with Crippen molar-refractivity contribution in [3.63, 3.8) is 0 Å². The minimum Gasteiger partial charge on any atom is -0.483 e. The Hall–Kier alpha value is -1.48. The van der Waals surface area contributed by atoms with Crippen LogP contribution < -0.4 is 10.5 Å². The number of rotatable bonds is 3. The maximum atomic E-state index is 6.01. The number of nitrogens with two attached hydrogens (primary N) is 1. The molecule has 2 aromatic rings. The lowest BCUT2D eigenvalue weighted by atomic mass is 10.1. The third-order valence-corrected chi connectivity index (χ3v) is 3.06. The number of thiophene rings is 1. The van der Waals surface area contributed by atoms with Crippen LogP contribution in [0.1, 0.15) is 6.92 Å². The van der Waals surface area contributed by atoms with Gasteiger partial charge in [-0.1, -0.05) is 30.3 Å². The summed E-state index contributed by atoms with van der Waals surface area (Å²) in [5, 5.41) is 2.85. The van der Waals surface area contributed by atoms with Crippen LogP contribution in [0.2, 0.25) is 0 Å². The molecule has 0 unspecified atom stereocenters. The zero-order chi connectivity index (χ0) is 10.7. The highest BCUT2D eigenvalue weighted by Gasteiger charge is 2.10. The van der Waals surface area contributed by atoms with Crippen LogP contribution in [-0.2, 0) is 0 Å². The predicted molar refractivity (Wildman–Crippen MR) is 65.3 cm³/mol. The van der Waals surface area contributed by atoms with Gasteiger partial charge in [0.1, 0.15) is 0 Å². The number of nitrogen functional groups attached to an aromatic ring is 1. The number of hydrogen-bond donors (Lipinski definition) is 1. The molecule has 0 saturated heterocycles. The van der Waals surface area contributed by atoms with Gasteiger partial charge in [0.15, 0.2) is 5.06 Å². The van der Waals surface area contributed by atoms with Crippen molar-refractivity contribution in [1.82, 2.24) is 0 Å². The second-order valence-electron chi connectivity index (χ2n) is 3.15. The van der Waals surface area contributed by atoms with Crippen LogP contribution in [0.3, 0.4) is 0 Å². The Labute approximate surface area is 93.3 Å². The molecule has 0 aliphatic rings. The molecule has 1 aromatic carbocycles. The molecule has 78 valence electrons. The summed E-state index contributed by atoms with van der Waals surface area (Å²) in [6.07, 6.45) is 0. The third-order valence-electron chi connectivity index (χ3n) is 2.15. The maximum absolute atomic E-state index is 6.01. The molecule has 0 saturated carbocycles. The zero-order valence-electron chi connectivity index (χ0n) is 8.57. The molecule has 0 spiro atoms. The van der Waals surface area contributed by atoms with Gasteiger partial charge in [-0.25, -0.2) is 0 Å². The van der Waals surface area contributed by atoms with E-state index in [9.17, 15) is 0 Å². The summed E-state index contributed by atoms with van der Waals surface area (Å²) in [7, 11) is 0. The van der Waals surface area contributed by atoms with Gasteiger partial charge in [-0.2, -0.15) is 0 Å². The van der Waals surface area contributed by atoms with E-state index in [0.717, 1.165) is 21.9 Å². The van der Waals surface area contributed by atoms with Gasteiger partial charge in [-0.05, 0) is 12.5 Å². The fourth-order valence-electron chi connectivity index (χ4n) is 1.43. The monoisotopic (exact) mass is 219 g/mol. The van der Waals surface area contributed by atoms with Gasteiger partial charge in [-0.15, -0.1) is 11.3 Å². The van der Waals surface area contributed by atoms with Crippen LogP contribution in [0.4, 0.5) is 5.69 Å². The average molecular weight is 219 g/mol. The van der Waals surface area contributed by atoms with Crippen molar-refractivity contribution in [2.75, 3.05) is 12.3 Å². The topological polar surface area (TPSA) is 35.2 Å². The van der Waals surface area contributed by atoms with Gasteiger partial charge in [0.25, 0.3) is 0 Å². The summed E-state index contributed by atoms with van der Waals surface area (Å²) in [6.45, 7) is 2.61. The summed E-state index contributed by atoms with van der Waals surface area (Å²) >= 11 is 1.55. The lowest BCUT2D eigenvalue weighted by Gasteiger charge is -2.02. The number of hydrogen-bond acceptors (Lipinski definition) is 3. The second-order valence-corrected chi connectivity index (χ2v) is 3.99. The van der Waals surface area contributed by atoms with Gasteiger partial charge in [0, 0.05) is 10.9 Å². The van der Waals surface area contributed by atoms with Crippen LogP contribution >= 0.6 is 11.3 Å². The van der Waals surface area contributed by atoms with Crippen molar-refractivity contribution in [3.8, 4) is 16.2 Å². The molecule has 0 bridgehead atoms. The Morgan fingerprint density at radius 3 is 2.67 bits per heavy atom. The first kappa shape index (κ1) is 10.1. The van der Waals surface area contributed by atoms with E-state index in [1.807, 2.05) is 42.6 Å². The SMILES string of the molecule is CCOc1scc(-c2ccccc2)c1N. The van der Waals surface area contributed by atoms with Crippen molar-refractivity contribution in [2.24, 2.45) is 0 Å². The molecule has 0 aliphatic carbocycles. The van der Waals surface area contributed by atoms with E-state index in [-0.39, 0.29) is 0 Å². The number of benzene rings is 1. The van der Waals surface area contributed by atoms with E-state index < -0.39 is 0 Å². The molecule has 0 radical (unpaired) electrons. The smallest absolute Gasteiger partial charge is 0.197 e. The predicted octanol–water partition coefficient (Wildman–Crippen LogP) is 3.40. The molecule has 1 heterocycles. The first-order chi connectivity index (χ1) is 7.33. The molecule has 2 rings (SSSR count). The van der Waals surface area contributed by atoms with Crippen molar-refractivity contribution >= 4 is 17.0 Å². The van der Waals surface area contributed by atoms with Crippen LogP contribution in [0.25, 0.3) is 11.1 Å². The zero-order valence-corrected chi connectivity index (χ0v) is 9.38. The van der Waals surface area contributed by atoms with E-state index in [0.29, 0.717) is 6.61 Å². The average Bonchev–Trinajstić information content (AvgIpc) is 2.63. The summed E-state index contributed by atoms with van der Waals surface area (Å²) in [4.78, 5) is 0. The Bertz CT molecular complexity index is 436. The highest BCUT2D eigenvalue weighted by Crippen LogP contribution is 2.39. The molecule has 0 aliphatic heterocycles. The van der Waals surface area contributed by atoms with E-state index in [1.54, 1.807) is 11.3 Å². The third kappa shape index (κ3) is 1.97. The van der Waals surface area contributed by atoms with Crippen molar-refractivity contribution in [2.45, 2.75) is 6.92 Å². The lowest BCUT2D eigenvalue weighted by Crippen LogP contribution is -1.93. The summed E-state index contributed by atoms with van der Waals surface area (Å²) < 4.78 is 5.43. The highest BCUT2D eigenvalue weighted by atomic mass is 32.1. The molecule has 0 amide bonds. The molecule has 0 fully saturated rings. The highest BCUT2D eigenvalue weighted by molar-refractivity contribution is 7.13. The summed E-state index contributed by atoms with van der Waals surface area (Å²) in [6, 6.07) is 10.1. The Morgan fingerprint density at radius 2 is 2.00 bits per heavy atom. The molecule has 1 aromatic heterocycles. The van der Waals surface area contributed by atoms with Crippen LogP contribution in [-0.4, -0.2) is 6.61 Å². The van der Waals surface area contributed by atoms with Crippen LogP contribution in [0.5, 0.6) is 5.06 Å². The van der Waals surface area contributed by atoms with E-state index in [2.05, 4.69) is 0 Å². The minimum absolute atomic E-state index is 0.652. The number of anilines is 1. The Balaban J connectivity index is 2.38. The van der Waals surface area contributed by atoms with Gasteiger partial charge in [-0.3, -0.25) is 0 Å².